The van der Waals surface area contributed by atoms with E-state index in [9.17, 15) is 4.79 Å². The van der Waals surface area contributed by atoms with Crippen molar-refractivity contribution < 1.29 is 9.53 Å². The van der Waals surface area contributed by atoms with Gasteiger partial charge in [-0.05, 0) is 70.7 Å². The molecule has 0 spiro atoms. The van der Waals surface area contributed by atoms with E-state index in [1.807, 2.05) is 36.5 Å². The number of benzene rings is 2. The number of methoxy groups -OCH3 is 1. The largest absolute Gasteiger partial charge is 0.497 e. The van der Waals surface area contributed by atoms with Gasteiger partial charge in [-0.1, -0.05) is 24.3 Å². The quantitative estimate of drug-likeness (QED) is 0.745. The van der Waals surface area contributed by atoms with Crippen LogP contribution >= 0.6 is 0 Å². The number of nitrogens with zero attached hydrogens (tertiary/aromatic N) is 1. The van der Waals surface area contributed by atoms with Crippen LogP contribution < -0.4 is 10.1 Å². The average Bonchev–Trinajstić information content (AvgIpc) is 2.72. The van der Waals surface area contributed by atoms with Crippen LogP contribution in [0.1, 0.15) is 28.7 Å². The summed E-state index contributed by atoms with van der Waals surface area (Å²) in [6.45, 7) is 0. The lowest BCUT2D eigenvalue weighted by molar-refractivity contribution is -0.116. The summed E-state index contributed by atoms with van der Waals surface area (Å²) in [5.41, 5.74) is 6.42. The highest BCUT2D eigenvalue weighted by Gasteiger charge is 2.16. The van der Waals surface area contributed by atoms with Gasteiger partial charge in [0.2, 0.25) is 5.91 Å². The molecule has 0 saturated heterocycles. The van der Waals surface area contributed by atoms with E-state index >= 15 is 0 Å². The Balaban J connectivity index is 1.80. The van der Waals surface area contributed by atoms with Crippen molar-refractivity contribution in [1.82, 2.24) is 4.98 Å². The number of aromatic nitrogens is 1. The van der Waals surface area contributed by atoms with Crippen LogP contribution in [0, 0.1) is 0 Å². The predicted octanol–water partition coefficient (Wildman–Crippen LogP) is 4.56. The van der Waals surface area contributed by atoms with Gasteiger partial charge >= 0.3 is 0 Å². The number of carbonyl (C=O) groups is 1. The standard InChI is InChI=1S/C23H20N2O2/c1-27-20-8-4-17(5-9-20)21(13-16-3-2-12-24-15-16)18-6-10-22-19(14-18)7-11-23(26)25-22/h2-6,8-10,12-15H,7,11H2,1H3,(H,25,26)/b21-13-. The van der Waals surface area contributed by atoms with Gasteiger partial charge in [-0.3, -0.25) is 9.78 Å². The van der Waals surface area contributed by atoms with Crippen molar-refractivity contribution >= 4 is 23.2 Å². The number of anilines is 1. The summed E-state index contributed by atoms with van der Waals surface area (Å²) >= 11 is 0. The summed E-state index contributed by atoms with van der Waals surface area (Å²) < 4.78 is 5.29. The highest BCUT2D eigenvalue weighted by Crippen LogP contribution is 2.32. The monoisotopic (exact) mass is 356 g/mol. The number of nitrogens with one attached hydrogen (secondary N) is 1. The van der Waals surface area contributed by atoms with Gasteiger partial charge in [-0.25, -0.2) is 0 Å². The third kappa shape index (κ3) is 3.75. The van der Waals surface area contributed by atoms with Crippen LogP contribution in [0.2, 0.25) is 0 Å². The maximum atomic E-state index is 11.6. The van der Waals surface area contributed by atoms with Crippen molar-refractivity contribution in [3.05, 3.63) is 89.2 Å². The first-order valence-corrected chi connectivity index (χ1v) is 8.92. The molecule has 1 amide bonds. The van der Waals surface area contributed by atoms with E-state index in [1.54, 1.807) is 13.3 Å². The Labute approximate surface area is 158 Å². The third-order valence-corrected chi connectivity index (χ3v) is 4.71. The fraction of sp³-hybridized carbons (Fsp3) is 0.130. The van der Waals surface area contributed by atoms with Crippen molar-refractivity contribution in [1.29, 1.82) is 0 Å². The zero-order valence-corrected chi connectivity index (χ0v) is 15.1. The fourth-order valence-electron chi connectivity index (χ4n) is 3.28. The maximum Gasteiger partial charge on any atom is 0.224 e. The van der Waals surface area contributed by atoms with E-state index in [1.165, 1.54) is 0 Å². The summed E-state index contributed by atoms with van der Waals surface area (Å²) in [5.74, 6) is 0.907. The van der Waals surface area contributed by atoms with Crippen LogP contribution in [0.25, 0.3) is 11.6 Å². The average molecular weight is 356 g/mol. The summed E-state index contributed by atoms with van der Waals surface area (Å²) in [6.07, 6.45) is 7.05. The lowest BCUT2D eigenvalue weighted by Crippen LogP contribution is -2.18. The number of rotatable bonds is 4. The molecular weight excluding hydrogens is 336 g/mol. The van der Waals surface area contributed by atoms with Crippen molar-refractivity contribution in [3.8, 4) is 5.75 Å². The van der Waals surface area contributed by atoms with Crippen LogP contribution in [0.3, 0.4) is 0 Å². The molecule has 3 aromatic rings. The van der Waals surface area contributed by atoms with Crippen LogP contribution in [0.5, 0.6) is 5.75 Å². The molecule has 0 saturated carbocycles. The minimum Gasteiger partial charge on any atom is -0.497 e. The second kappa shape index (κ2) is 7.46. The number of amides is 1. The molecule has 0 radical (unpaired) electrons. The first kappa shape index (κ1) is 17.0. The Hall–Kier alpha value is -3.40. The Morgan fingerprint density at radius 1 is 1.07 bits per heavy atom. The van der Waals surface area contributed by atoms with Gasteiger partial charge < -0.3 is 10.1 Å². The Morgan fingerprint density at radius 3 is 2.63 bits per heavy atom. The molecule has 0 atom stereocenters. The van der Waals surface area contributed by atoms with Crippen molar-refractivity contribution in [2.24, 2.45) is 0 Å². The second-order valence-corrected chi connectivity index (χ2v) is 6.49. The zero-order valence-electron chi connectivity index (χ0n) is 15.1. The van der Waals surface area contributed by atoms with E-state index in [0.717, 1.165) is 45.7 Å². The second-order valence-electron chi connectivity index (χ2n) is 6.49. The number of carbonyl (C=O) groups excluding carboxylic acids is 1. The molecule has 27 heavy (non-hydrogen) atoms. The van der Waals surface area contributed by atoms with Gasteiger partial charge in [0.05, 0.1) is 7.11 Å². The first-order valence-electron chi connectivity index (χ1n) is 8.92. The highest BCUT2D eigenvalue weighted by molar-refractivity contribution is 5.96. The van der Waals surface area contributed by atoms with Crippen LogP contribution in [0.4, 0.5) is 5.69 Å². The lowest BCUT2D eigenvalue weighted by Gasteiger charge is -2.19. The molecule has 0 unspecified atom stereocenters. The predicted molar refractivity (Wildman–Crippen MR) is 108 cm³/mol. The summed E-state index contributed by atoms with van der Waals surface area (Å²) in [6, 6.07) is 18.2. The molecule has 4 nitrogen and oxygen atoms in total. The normalized spacial score (nSPS) is 13.7. The summed E-state index contributed by atoms with van der Waals surface area (Å²) in [4.78, 5) is 15.8. The molecule has 0 aliphatic carbocycles. The van der Waals surface area contributed by atoms with Crippen molar-refractivity contribution in [2.75, 3.05) is 12.4 Å². The molecule has 4 rings (SSSR count). The van der Waals surface area contributed by atoms with E-state index in [0.29, 0.717) is 6.42 Å². The molecule has 1 aliphatic heterocycles. The molecule has 2 heterocycles. The topological polar surface area (TPSA) is 51.2 Å². The highest BCUT2D eigenvalue weighted by atomic mass is 16.5. The van der Waals surface area contributed by atoms with E-state index in [-0.39, 0.29) is 5.91 Å². The molecule has 0 fully saturated rings. The molecule has 1 aromatic heterocycles. The molecule has 4 heteroatoms. The van der Waals surface area contributed by atoms with E-state index in [4.69, 9.17) is 4.74 Å². The molecule has 0 bridgehead atoms. The summed E-state index contributed by atoms with van der Waals surface area (Å²) in [7, 11) is 1.67. The van der Waals surface area contributed by atoms with Gasteiger partial charge in [0.15, 0.2) is 0 Å². The number of hydrogen-bond acceptors (Lipinski definition) is 3. The van der Waals surface area contributed by atoms with Gasteiger partial charge in [-0.15, -0.1) is 0 Å². The van der Waals surface area contributed by atoms with E-state index in [2.05, 4.69) is 40.6 Å². The smallest absolute Gasteiger partial charge is 0.224 e. The number of pyridine rings is 1. The van der Waals surface area contributed by atoms with Gasteiger partial charge in [0.1, 0.15) is 5.75 Å². The van der Waals surface area contributed by atoms with E-state index < -0.39 is 0 Å². The molecule has 2 aromatic carbocycles. The van der Waals surface area contributed by atoms with Crippen molar-refractivity contribution in [3.63, 3.8) is 0 Å². The van der Waals surface area contributed by atoms with Gasteiger partial charge in [0.25, 0.3) is 0 Å². The maximum absolute atomic E-state index is 11.6. The SMILES string of the molecule is COc1ccc(/C(=C/c2cccnc2)c2ccc3c(c2)CCC(=O)N3)cc1. The zero-order chi connectivity index (χ0) is 18.6. The Bertz CT molecular complexity index is 993. The third-order valence-electron chi connectivity index (χ3n) is 4.71. The van der Waals surface area contributed by atoms with Crippen LogP contribution in [-0.4, -0.2) is 18.0 Å². The molecular formula is C23H20N2O2. The number of fused-ring (bicyclic) bond motifs is 1. The first-order chi connectivity index (χ1) is 13.2. The van der Waals surface area contributed by atoms with Crippen LogP contribution in [0.15, 0.2) is 67.0 Å². The summed E-state index contributed by atoms with van der Waals surface area (Å²) in [5, 5.41) is 2.95. The van der Waals surface area contributed by atoms with Gasteiger partial charge in [0, 0.05) is 24.5 Å². The minimum absolute atomic E-state index is 0.0801. The number of ether oxygens (including phenoxy) is 1. The Kier molecular flexibility index (Phi) is 4.71. The lowest BCUT2D eigenvalue weighted by atomic mass is 9.92. The molecule has 1 aliphatic rings. The number of aryl methyl sites for hydroxylation is 1. The Morgan fingerprint density at radius 2 is 1.89 bits per heavy atom. The van der Waals surface area contributed by atoms with Crippen molar-refractivity contribution in [2.45, 2.75) is 12.8 Å². The molecule has 134 valence electrons. The fourth-order valence-corrected chi connectivity index (χ4v) is 3.28. The van der Waals surface area contributed by atoms with Crippen LogP contribution in [-0.2, 0) is 11.2 Å². The minimum atomic E-state index is 0.0801. The van der Waals surface area contributed by atoms with Gasteiger partial charge in [-0.2, -0.15) is 0 Å². The number of hydrogen-bond donors (Lipinski definition) is 1. The molecule has 1 N–H and O–H groups in total.